The Balaban J connectivity index is 0.930. The molecule has 3 aromatic carbocycles. The van der Waals surface area contributed by atoms with E-state index in [1.165, 1.54) is 11.0 Å². The van der Waals surface area contributed by atoms with Crippen LogP contribution in [0.15, 0.2) is 84.2 Å². The van der Waals surface area contributed by atoms with Crippen molar-refractivity contribution in [3.05, 3.63) is 111 Å². The summed E-state index contributed by atoms with van der Waals surface area (Å²) in [5.74, 6) is 0.283. The highest BCUT2D eigenvalue weighted by Crippen LogP contribution is 2.40. The summed E-state index contributed by atoms with van der Waals surface area (Å²) in [5, 5.41) is 9.62. The van der Waals surface area contributed by atoms with E-state index in [2.05, 4.69) is 49.2 Å². The third kappa shape index (κ3) is 7.04. The number of hydrogen-bond donors (Lipinski definition) is 0. The molecule has 0 aliphatic carbocycles. The number of piperazine rings is 1. The van der Waals surface area contributed by atoms with Crippen LogP contribution in [0.4, 0.5) is 11.4 Å². The molecule has 7 rings (SSSR count). The topological polar surface area (TPSA) is 105 Å². The van der Waals surface area contributed by atoms with Crippen LogP contribution >= 0.6 is 23.2 Å². The molecule has 0 radical (unpaired) electrons. The van der Waals surface area contributed by atoms with E-state index in [0.717, 1.165) is 55.4 Å². The van der Waals surface area contributed by atoms with Crippen molar-refractivity contribution < 1.29 is 14.2 Å². The van der Waals surface area contributed by atoms with Gasteiger partial charge >= 0.3 is 5.69 Å². The first kappa shape index (κ1) is 33.2. The Hall–Kier alpha value is -4.36. The molecular formula is C35H38Cl2N8O4. The fraction of sp³-hybridized carbons (Fsp3) is 0.371. The van der Waals surface area contributed by atoms with Crippen LogP contribution in [0.5, 0.6) is 5.75 Å². The van der Waals surface area contributed by atoms with E-state index in [0.29, 0.717) is 41.2 Å². The number of anilines is 2. The molecule has 1 unspecified atom stereocenters. The molecule has 0 saturated carbocycles. The summed E-state index contributed by atoms with van der Waals surface area (Å²) >= 11 is 12.7. The summed E-state index contributed by atoms with van der Waals surface area (Å²) in [6.07, 6.45) is 3.60. The summed E-state index contributed by atoms with van der Waals surface area (Å²) < 4.78 is 23.7. The van der Waals surface area contributed by atoms with Crippen molar-refractivity contribution in [2.45, 2.75) is 45.2 Å². The fourth-order valence-corrected chi connectivity index (χ4v) is 6.98. The van der Waals surface area contributed by atoms with Gasteiger partial charge in [0.25, 0.3) is 0 Å². The zero-order valence-corrected chi connectivity index (χ0v) is 28.9. The van der Waals surface area contributed by atoms with Gasteiger partial charge < -0.3 is 24.0 Å². The van der Waals surface area contributed by atoms with Crippen molar-refractivity contribution in [1.29, 1.82) is 0 Å². The zero-order valence-electron chi connectivity index (χ0n) is 27.4. The number of aromatic nitrogens is 6. The minimum absolute atomic E-state index is 0.0982. The first-order valence-electron chi connectivity index (χ1n) is 16.4. The van der Waals surface area contributed by atoms with E-state index >= 15 is 0 Å². The molecule has 14 heteroatoms. The number of rotatable bonds is 11. The van der Waals surface area contributed by atoms with Crippen molar-refractivity contribution in [2.24, 2.45) is 0 Å². The van der Waals surface area contributed by atoms with Gasteiger partial charge in [0.2, 0.25) is 5.79 Å². The lowest BCUT2D eigenvalue weighted by molar-refractivity contribution is -0.190. The minimum atomic E-state index is -1.16. The van der Waals surface area contributed by atoms with Gasteiger partial charge in [-0.3, -0.25) is 0 Å². The molecule has 2 aromatic heterocycles. The monoisotopic (exact) mass is 704 g/mol. The number of benzene rings is 3. The van der Waals surface area contributed by atoms with E-state index in [4.69, 9.17) is 37.4 Å². The second kappa shape index (κ2) is 14.2. The van der Waals surface area contributed by atoms with E-state index < -0.39 is 5.79 Å². The smallest absolute Gasteiger partial charge is 0.350 e. The predicted molar refractivity (Wildman–Crippen MR) is 188 cm³/mol. The molecule has 0 spiro atoms. The van der Waals surface area contributed by atoms with Crippen molar-refractivity contribution in [3.63, 3.8) is 0 Å². The molecule has 4 heterocycles. The number of nitrogens with zero attached hydrogens (tertiary/aromatic N) is 8. The summed E-state index contributed by atoms with van der Waals surface area (Å²) in [5.41, 5.74) is 3.68. The summed E-state index contributed by atoms with van der Waals surface area (Å²) in [6, 6.07) is 21.6. The van der Waals surface area contributed by atoms with Crippen LogP contribution in [0.3, 0.4) is 0 Å². The number of halogens is 2. The van der Waals surface area contributed by atoms with Crippen molar-refractivity contribution in [3.8, 4) is 11.4 Å². The van der Waals surface area contributed by atoms with Crippen molar-refractivity contribution in [2.75, 3.05) is 49.2 Å². The van der Waals surface area contributed by atoms with Gasteiger partial charge in [0.15, 0.2) is 0 Å². The van der Waals surface area contributed by atoms with Gasteiger partial charge in [-0.1, -0.05) is 36.2 Å². The molecule has 0 bridgehead atoms. The van der Waals surface area contributed by atoms with Gasteiger partial charge in [-0.25, -0.2) is 23.7 Å². The SMILES string of the molecule is CCCn1nc(C)n(-c2ccc(N3CCN(c4ccc(OC[C@@H]5COC(Cn6cncn6)(c6ccc(Cl)cc6Cl)O5)cc4)CC3)cc2)c1=O. The van der Waals surface area contributed by atoms with Crippen molar-refractivity contribution >= 4 is 34.6 Å². The first-order valence-corrected chi connectivity index (χ1v) is 17.2. The molecule has 0 N–H and O–H groups in total. The molecule has 49 heavy (non-hydrogen) atoms. The largest absolute Gasteiger partial charge is 0.491 e. The second-order valence-electron chi connectivity index (χ2n) is 12.2. The maximum atomic E-state index is 12.8. The quantitative estimate of drug-likeness (QED) is 0.181. The van der Waals surface area contributed by atoms with Gasteiger partial charge in [-0.15, -0.1) is 0 Å². The van der Waals surface area contributed by atoms with Crippen LogP contribution in [0.1, 0.15) is 24.7 Å². The normalized spacial score (nSPS) is 19.5. The highest BCUT2D eigenvalue weighted by Gasteiger charge is 2.45. The highest BCUT2D eigenvalue weighted by molar-refractivity contribution is 6.35. The Morgan fingerprint density at radius 2 is 1.61 bits per heavy atom. The molecule has 2 atom stereocenters. The van der Waals surface area contributed by atoms with Gasteiger partial charge in [0.1, 0.15) is 43.5 Å². The van der Waals surface area contributed by atoms with E-state index in [1.54, 1.807) is 27.7 Å². The maximum absolute atomic E-state index is 12.8. The number of ether oxygens (including phenoxy) is 3. The van der Waals surface area contributed by atoms with Crippen LogP contribution in [-0.2, 0) is 28.4 Å². The second-order valence-corrected chi connectivity index (χ2v) is 13.0. The lowest BCUT2D eigenvalue weighted by Crippen LogP contribution is -2.46. The van der Waals surface area contributed by atoms with Gasteiger partial charge in [-0.05, 0) is 74.0 Å². The Morgan fingerprint density at radius 1 is 0.939 bits per heavy atom. The van der Waals surface area contributed by atoms with Gasteiger partial charge in [0.05, 0.1) is 17.3 Å². The molecule has 2 aliphatic heterocycles. The van der Waals surface area contributed by atoms with Crippen LogP contribution in [0.25, 0.3) is 5.69 Å². The Morgan fingerprint density at radius 3 is 2.24 bits per heavy atom. The zero-order chi connectivity index (χ0) is 34.0. The minimum Gasteiger partial charge on any atom is -0.491 e. The van der Waals surface area contributed by atoms with Crippen LogP contribution in [-0.4, -0.2) is 74.6 Å². The summed E-state index contributed by atoms with van der Waals surface area (Å²) in [4.78, 5) is 21.6. The predicted octanol–water partition coefficient (Wildman–Crippen LogP) is 5.32. The molecule has 12 nitrogen and oxygen atoms in total. The molecular weight excluding hydrogens is 667 g/mol. The van der Waals surface area contributed by atoms with E-state index in [1.807, 2.05) is 44.2 Å². The Bertz CT molecular complexity index is 1920. The summed E-state index contributed by atoms with van der Waals surface area (Å²) in [6.45, 7) is 8.96. The molecule has 5 aromatic rings. The fourth-order valence-electron chi connectivity index (χ4n) is 6.43. The average Bonchev–Trinajstić information content (AvgIpc) is 3.84. The highest BCUT2D eigenvalue weighted by atomic mass is 35.5. The lowest BCUT2D eigenvalue weighted by atomic mass is 10.1. The maximum Gasteiger partial charge on any atom is 0.350 e. The Labute approximate surface area is 294 Å². The number of aryl methyl sites for hydroxylation is 2. The third-order valence-electron chi connectivity index (χ3n) is 8.86. The standard InChI is InChI=1S/C35H38Cl2N8O4/c1-3-14-44-34(46)45(25(2)40-44)29-7-5-27(6-8-29)41-15-17-42(18-16-41)28-9-11-30(12-10-28)47-20-31-21-48-35(49-31,22-43-24-38-23-39-43)32-13-4-26(36)19-33(32)37/h4-13,19,23-24,31H,3,14-18,20-22H2,1-2H3/t31-,35?/m1/s1. The molecule has 0 amide bonds. The average molecular weight is 706 g/mol. The van der Waals surface area contributed by atoms with Crippen LogP contribution in [0.2, 0.25) is 10.0 Å². The molecule has 256 valence electrons. The van der Waals surface area contributed by atoms with Gasteiger partial charge in [-0.2, -0.15) is 10.2 Å². The lowest BCUT2D eigenvalue weighted by Gasteiger charge is -2.37. The molecule has 2 fully saturated rings. The summed E-state index contributed by atoms with van der Waals surface area (Å²) in [7, 11) is 0. The van der Waals surface area contributed by atoms with Crippen molar-refractivity contribution in [1.82, 2.24) is 29.1 Å². The Kier molecular flexibility index (Phi) is 9.64. The van der Waals surface area contributed by atoms with Gasteiger partial charge in [0, 0.05) is 54.7 Å². The van der Waals surface area contributed by atoms with Crippen LogP contribution in [0, 0.1) is 6.92 Å². The first-order chi connectivity index (χ1) is 23.8. The number of hydrogen-bond acceptors (Lipinski definition) is 9. The van der Waals surface area contributed by atoms with E-state index in [-0.39, 0.29) is 18.3 Å². The van der Waals surface area contributed by atoms with E-state index in [9.17, 15) is 4.79 Å². The third-order valence-corrected chi connectivity index (χ3v) is 9.41. The molecule has 2 aliphatic rings. The van der Waals surface area contributed by atoms with Crippen LogP contribution < -0.4 is 20.2 Å². The molecule has 2 saturated heterocycles.